The van der Waals surface area contributed by atoms with Gasteiger partial charge in [-0.15, -0.1) is 0 Å². The first-order valence-electron chi connectivity index (χ1n) is 5.19. The highest BCUT2D eigenvalue weighted by Crippen LogP contribution is 2.07. The third-order valence-corrected chi connectivity index (χ3v) is 3.53. The van der Waals surface area contributed by atoms with Crippen molar-refractivity contribution in [3.63, 3.8) is 0 Å². The van der Waals surface area contributed by atoms with Gasteiger partial charge < -0.3 is 10.6 Å². The van der Waals surface area contributed by atoms with Crippen LogP contribution in [0.5, 0.6) is 0 Å². The first kappa shape index (κ1) is 15.6. The summed E-state index contributed by atoms with van der Waals surface area (Å²) in [5.41, 5.74) is 0. The molecule has 0 saturated carbocycles. The van der Waals surface area contributed by atoms with E-state index in [0.717, 1.165) is 6.42 Å². The maximum Gasteiger partial charge on any atom is 0.243 e. The highest BCUT2D eigenvalue weighted by atomic mass is 32.2. The molecule has 0 spiro atoms. The molecule has 16 heavy (non-hydrogen) atoms. The molecule has 4 nitrogen and oxygen atoms in total. The molecule has 0 saturated heterocycles. The van der Waals surface area contributed by atoms with Gasteiger partial charge in [0.25, 0.3) is 0 Å². The van der Waals surface area contributed by atoms with Crippen LogP contribution in [0.1, 0.15) is 20.3 Å². The van der Waals surface area contributed by atoms with E-state index in [1.54, 1.807) is 11.8 Å². The van der Waals surface area contributed by atoms with Crippen molar-refractivity contribution in [1.82, 2.24) is 10.6 Å². The molecule has 0 heterocycles. The first-order chi connectivity index (χ1) is 7.51. The SMILES string of the molecule is CSC(C)CCNC(=O)C(CS)NC(C)=O. The van der Waals surface area contributed by atoms with Gasteiger partial charge in [-0.05, 0) is 12.7 Å². The van der Waals surface area contributed by atoms with Gasteiger partial charge in [-0.2, -0.15) is 24.4 Å². The summed E-state index contributed by atoms with van der Waals surface area (Å²) in [6.07, 6.45) is 2.96. The molecule has 2 atom stereocenters. The zero-order valence-corrected chi connectivity index (χ0v) is 11.7. The van der Waals surface area contributed by atoms with E-state index in [2.05, 4.69) is 30.2 Å². The zero-order chi connectivity index (χ0) is 12.6. The van der Waals surface area contributed by atoms with Gasteiger partial charge in [-0.3, -0.25) is 9.59 Å². The van der Waals surface area contributed by atoms with Crippen molar-refractivity contribution in [3.8, 4) is 0 Å². The summed E-state index contributed by atoms with van der Waals surface area (Å²) in [7, 11) is 0. The van der Waals surface area contributed by atoms with E-state index in [4.69, 9.17) is 0 Å². The van der Waals surface area contributed by atoms with Gasteiger partial charge in [-0.25, -0.2) is 0 Å². The van der Waals surface area contributed by atoms with E-state index in [-0.39, 0.29) is 11.8 Å². The number of carbonyl (C=O) groups is 2. The maximum absolute atomic E-state index is 11.6. The number of thiol groups is 1. The van der Waals surface area contributed by atoms with Crippen molar-refractivity contribution >= 4 is 36.2 Å². The minimum Gasteiger partial charge on any atom is -0.354 e. The molecule has 0 aliphatic rings. The van der Waals surface area contributed by atoms with E-state index in [0.29, 0.717) is 17.5 Å². The summed E-state index contributed by atoms with van der Waals surface area (Å²) in [5, 5.41) is 5.86. The number of thioether (sulfide) groups is 1. The summed E-state index contributed by atoms with van der Waals surface area (Å²) in [5.74, 6) is -0.0751. The average Bonchev–Trinajstić information content (AvgIpc) is 2.24. The van der Waals surface area contributed by atoms with Crippen LogP contribution < -0.4 is 10.6 Å². The molecule has 0 aromatic carbocycles. The fraction of sp³-hybridized carbons (Fsp3) is 0.800. The Hall–Kier alpha value is -0.360. The van der Waals surface area contributed by atoms with Gasteiger partial charge in [0.05, 0.1) is 0 Å². The van der Waals surface area contributed by atoms with Crippen molar-refractivity contribution in [2.45, 2.75) is 31.6 Å². The predicted molar refractivity (Wildman–Crippen MR) is 72.1 cm³/mol. The van der Waals surface area contributed by atoms with Gasteiger partial charge >= 0.3 is 0 Å². The molecule has 0 aliphatic heterocycles. The second-order valence-electron chi connectivity index (χ2n) is 3.56. The second kappa shape index (κ2) is 8.75. The Kier molecular flexibility index (Phi) is 8.56. The van der Waals surface area contributed by atoms with Crippen LogP contribution in [-0.4, -0.2) is 41.7 Å². The zero-order valence-electron chi connectivity index (χ0n) is 9.95. The topological polar surface area (TPSA) is 58.2 Å². The Morgan fingerprint density at radius 2 is 2.06 bits per heavy atom. The number of rotatable bonds is 7. The lowest BCUT2D eigenvalue weighted by Crippen LogP contribution is -2.47. The lowest BCUT2D eigenvalue weighted by atomic mass is 10.3. The smallest absolute Gasteiger partial charge is 0.243 e. The molecule has 0 aromatic heterocycles. The number of nitrogens with one attached hydrogen (secondary N) is 2. The van der Waals surface area contributed by atoms with Crippen molar-refractivity contribution in [2.24, 2.45) is 0 Å². The van der Waals surface area contributed by atoms with Crippen LogP contribution in [0, 0.1) is 0 Å². The van der Waals surface area contributed by atoms with E-state index < -0.39 is 6.04 Å². The normalized spacial score (nSPS) is 14.0. The van der Waals surface area contributed by atoms with Gasteiger partial charge in [-0.1, -0.05) is 6.92 Å². The summed E-state index contributed by atoms with van der Waals surface area (Å²) in [6.45, 7) is 4.13. The van der Waals surface area contributed by atoms with Gasteiger partial charge in [0.2, 0.25) is 11.8 Å². The Morgan fingerprint density at radius 3 is 2.50 bits per heavy atom. The maximum atomic E-state index is 11.6. The van der Waals surface area contributed by atoms with E-state index in [1.165, 1.54) is 6.92 Å². The number of carbonyl (C=O) groups excluding carboxylic acids is 2. The van der Waals surface area contributed by atoms with Crippen LogP contribution in [0.2, 0.25) is 0 Å². The fourth-order valence-corrected chi connectivity index (χ4v) is 1.69. The molecule has 2 amide bonds. The number of hydrogen-bond donors (Lipinski definition) is 3. The lowest BCUT2D eigenvalue weighted by molar-refractivity contribution is -0.127. The van der Waals surface area contributed by atoms with Gasteiger partial charge in [0.1, 0.15) is 6.04 Å². The van der Waals surface area contributed by atoms with Crippen LogP contribution in [0.15, 0.2) is 0 Å². The Bertz CT molecular complexity index is 237. The Labute approximate surface area is 107 Å². The second-order valence-corrected chi connectivity index (χ2v) is 5.20. The summed E-state index contributed by atoms with van der Waals surface area (Å²) < 4.78 is 0. The quantitative estimate of drug-likeness (QED) is 0.593. The molecule has 0 fully saturated rings. The molecule has 0 rings (SSSR count). The van der Waals surface area contributed by atoms with E-state index >= 15 is 0 Å². The third kappa shape index (κ3) is 7.00. The summed E-state index contributed by atoms with van der Waals surface area (Å²) in [6, 6.07) is -0.537. The summed E-state index contributed by atoms with van der Waals surface area (Å²) >= 11 is 5.80. The van der Waals surface area contributed by atoms with E-state index in [1.807, 2.05) is 6.26 Å². The Morgan fingerprint density at radius 1 is 1.44 bits per heavy atom. The van der Waals surface area contributed by atoms with Crippen LogP contribution in [0.25, 0.3) is 0 Å². The number of hydrogen-bond acceptors (Lipinski definition) is 4. The monoisotopic (exact) mass is 264 g/mol. The molecule has 0 radical (unpaired) electrons. The predicted octanol–water partition coefficient (Wildman–Crippen LogP) is 0.679. The molecule has 0 bridgehead atoms. The highest BCUT2D eigenvalue weighted by Gasteiger charge is 2.16. The molecule has 2 unspecified atom stereocenters. The standard InChI is InChI=1S/C10H20N2O2S2/c1-7(16-3)4-5-11-10(14)9(6-15)12-8(2)13/h7,9,15H,4-6H2,1-3H3,(H,11,14)(H,12,13). The molecule has 0 aromatic rings. The lowest BCUT2D eigenvalue weighted by Gasteiger charge is -2.16. The molecular weight excluding hydrogens is 244 g/mol. The highest BCUT2D eigenvalue weighted by molar-refractivity contribution is 7.99. The summed E-state index contributed by atoms with van der Waals surface area (Å²) in [4.78, 5) is 22.4. The molecule has 6 heteroatoms. The van der Waals surface area contributed by atoms with Crippen molar-refractivity contribution < 1.29 is 9.59 Å². The largest absolute Gasteiger partial charge is 0.354 e. The molecule has 0 aliphatic carbocycles. The van der Waals surface area contributed by atoms with Crippen molar-refractivity contribution in [2.75, 3.05) is 18.6 Å². The first-order valence-corrected chi connectivity index (χ1v) is 7.11. The van der Waals surface area contributed by atoms with Crippen LogP contribution >= 0.6 is 24.4 Å². The molecular formula is C10H20N2O2S2. The van der Waals surface area contributed by atoms with Crippen LogP contribution in [-0.2, 0) is 9.59 Å². The van der Waals surface area contributed by atoms with Gasteiger partial charge in [0.15, 0.2) is 0 Å². The Balaban J connectivity index is 3.88. The number of amides is 2. The molecule has 2 N–H and O–H groups in total. The van der Waals surface area contributed by atoms with Crippen molar-refractivity contribution in [3.05, 3.63) is 0 Å². The van der Waals surface area contributed by atoms with E-state index in [9.17, 15) is 9.59 Å². The third-order valence-electron chi connectivity index (χ3n) is 2.13. The fourth-order valence-electron chi connectivity index (χ4n) is 1.08. The minimum atomic E-state index is -0.537. The van der Waals surface area contributed by atoms with Crippen LogP contribution in [0.4, 0.5) is 0 Å². The van der Waals surface area contributed by atoms with Crippen LogP contribution in [0.3, 0.4) is 0 Å². The minimum absolute atomic E-state index is 0.168. The van der Waals surface area contributed by atoms with Gasteiger partial charge in [0, 0.05) is 24.5 Å². The average molecular weight is 264 g/mol. The molecule has 94 valence electrons. The van der Waals surface area contributed by atoms with Crippen molar-refractivity contribution in [1.29, 1.82) is 0 Å².